The first-order valence-electron chi connectivity index (χ1n) is 14.9. The van der Waals surface area contributed by atoms with E-state index in [1.165, 1.54) is 0 Å². The lowest BCUT2D eigenvalue weighted by molar-refractivity contribution is 0.0675. The van der Waals surface area contributed by atoms with Crippen LogP contribution in [0.3, 0.4) is 0 Å². The fourth-order valence-electron chi connectivity index (χ4n) is 6.29. The molecule has 0 bridgehead atoms. The van der Waals surface area contributed by atoms with Gasteiger partial charge >= 0.3 is 0 Å². The minimum absolute atomic E-state index is 0.205. The van der Waals surface area contributed by atoms with Crippen molar-refractivity contribution in [2.24, 2.45) is 10.1 Å². The second-order valence-electron chi connectivity index (χ2n) is 10.7. The van der Waals surface area contributed by atoms with Crippen LogP contribution in [0.15, 0.2) is 89.0 Å². The molecule has 1 N–H and O–H groups in total. The number of carbonyl (C=O) groups is 1. The van der Waals surface area contributed by atoms with Gasteiger partial charge in [0.05, 0.1) is 23.5 Å². The Morgan fingerprint density at radius 1 is 0.932 bits per heavy atom. The monoisotopic (exact) mass is 582 g/mol. The molecule has 220 valence electrons. The zero-order chi connectivity index (χ0) is 30.8. The van der Waals surface area contributed by atoms with E-state index in [0.717, 1.165) is 53.3 Å². The van der Waals surface area contributed by atoms with Crippen molar-refractivity contribution in [3.05, 3.63) is 112 Å². The number of aliphatic imine (C=N–C) groups is 1. The third-order valence-electron chi connectivity index (χ3n) is 8.29. The van der Waals surface area contributed by atoms with Gasteiger partial charge in [0.25, 0.3) is 5.91 Å². The summed E-state index contributed by atoms with van der Waals surface area (Å²) in [5.74, 6) is 1.15. The number of fused-ring (bicyclic) bond motifs is 6. The number of hydrogen-bond donors (Lipinski definition) is 1. The molecule has 8 nitrogen and oxygen atoms in total. The summed E-state index contributed by atoms with van der Waals surface area (Å²) in [6.07, 6.45) is 3.11. The van der Waals surface area contributed by atoms with Crippen LogP contribution in [0.4, 0.5) is 17.1 Å². The van der Waals surface area contributed by atoms with Gasteiger partial charge in [-0.25, -0.2) is 5.01 Å². The number of hydrogen-bond acceptors (Lipinski definition) is 7. The van der Waals surface area contributed by atoms with E-state index in [1.807, 2.05) is 42.5 Å². The van der Waals surface area contributed by atoms with Gasteiger partial charge in [-0.15, -0.1) is 0 Å². The number of rotatable bonds is 8. The van der Waals surface area contributed by atoms with Gasteiger partial charge in [-0.05, 0) is 75.7 Å². The number of benzene rings is 4. The lowest BCUT2D eigenvalue weighted by atomic mass is 9.74. The zero-order valence-electron chi connectivity index (χ0n) is 25.3. The molecule has 0 aliphatic carbocycles. The molecular formula is C36H34N6O2. The Morgan fingerprint density at radius 2 is 1.68 bits per heavy atom. The summed E-state index contributed by atoms with van der Waals surface area (Å²) < 4.78 is 6.68. The number of carbonyl (C=O) groups excluding carboxylic acids is 1. The van der Waals surface area contributed by atoms with Gasteiger partial charge in [0.15, 0.2) is 0 Å². The van der Waals surface area contributed by atoms with E-state index in [1.54, 1.807) is 41.7 Å². The smallest absolute Gasteiger partial charge is 0.275 e. The van der Waals surface area contributed by atoms with Crippen LogP contribution in [0, 0.1) is 18.3 Å². The van der Waals surface area contributed by atoms with E-state index < -0.39 is 5.54 Å². The molecule has 2 aliphatic rings. The summed E-state index contributed by atoms with van der Waals surface area (Å²) in [5, 5.41) is 18.8. The number of nitrogens with one attached hydrogen (secondary N) is 1. The third-order valence-corrected chi connectivity index (χ3v) is 8.29. The van der Waals surface area contributed by atoms with Crippen LogP contribution in [0.5, 0.6) is 11.5 Å². The molecule has 1 unspecified atom stereocenters. The molecule has 0 fully saturated rings. The highest BCUT2D eigenvalue weighted by Crippen LogP contribution is 2.58. The van der Waals surface area contributed by atoms with Crippen molar-refractivity contribution >= 4 is 35.4 Å². The van der Waals surface area contributed by atoms with Crippen LogP contribution in [-0.2, 0) is 5.54 Å². The lowest BCUT2D eigenvalue weighted by Crippen LogP contribution is -2.44. The number of aryl methyl sites for hydroxylation is 1. The minimum Gasteiger partial charge on any atom is -0.456 e. The Balaban J connectivity index is 1.56. The molecule has 4 aromatic rings. The molecule has 44 heavy (non-hydrogen) atoms. The van der Waals surface area contributed by atoms with Crippen molar-refractivity contribution in [3.63, 3.8) is 0 Å². The third kappa shape index (κ3) is 4.58. The summed E-state index contributed by atoms with van der Waals surface area (Å²) in [5.41, 5.74) is 6.43. The molecule has 0 aromatic heterocycles. The molecule has 2 aliphatic heterocycles. The van der Waals surface area contributed by atoms with Crippen molar-refractivity contribution in [3.8, 4) is 17.6 Å². The second-order valence-corrected chi connectivity index (χ2v) is 10.7. The first kappa shape index (κ1) is 28.7. The van der Waals surface area contributed by atoms with Crippen molar-refractivity contribution < 1.29 is 9.53 Å². The van der Waals surface area contributed by atoms with Gasteiger partial charge in [0.1, 0.15) is 17.0 Å². The van der Waals surface area contributed by atoms with E-state index >= 15 is 0 Å². The zero-order valence-corrected chi connectivity index (χ0v) is 25.3. The van der Waals surface area contributed by atoms with Crippen molar-refractivity contribution in [1.82, 2.24) is 5.01 Å². The molecule has 8 heteroatoms. The average Bonchev–Trinajstić information content (AvgIpc) is 3.29. The van der Waals surface area contributed by atoms with Crippen LogP contribution in [0.25, 0.3) is 0 Å². The Kier molecular flexibility index (Phi) is 7.62. The van der Waals surface area contributed by atoms with E-state index in [-0.39, 0.29) is 5.91 Å². The molecule has 1 spiro atoms. The van der Waals surface area contributed by atoms with E-state index in [2.05, 4.69) is 61.1 Å². The van der Waals surface area contributed by atoms with E-state index in [4.69, 9.17) is 15.1 Å². The predicted octanol–water partition coefficient (Wildman–Crippen LogP) is 7.39. The fraction of sp³-hybridized carbons (Fsp3) is 0.222. The van der Waals surface area contributed by atoms with Gasteiger partial charge in [0.2, 0.25) is 0 Å². The number of hydrazone groups is 1. The van der Waals surface area contributed by atoms with Crippen molar-refractivity contribution in [2.45, 2.75) is 33.2 Å². The first-order chi connectivity index (χ1) is 21.5. The lowest BCUT2D eigenvalue weighted by Gasteiger charge is -2.42. The van der Waals surface area contributed by atoms with Crippen LogP contribution in [0.1, 0.15) is 58.9 Å². The van der Waals surface area contributed by atoms with Gasteiger partial charge in [-0.3, -0.25) is 9.79 Å². The Bertz CT molecular complexity index is 1830. The summed E-state index contributed by atoms with van der Waals surface area (Å²) in [7, 11) is 0. The number of ether oxygens (including phenoxy) is 1. The normalized spacial score (nSPS) is 16.5. The molecule has 2 heterocycles. The molecule has 1 atom stereocenters. The number of anilines is 2. The highest BCUT2D eigenvalue weighted by atomic mass is 16.5. The summed E-state index contributed by atoms with van der Waals surface area (Å²) in [4.78, 5) is 21.0. The number of nitrogens with zero attached hydrogens (tertiary/aromatic N) is 5. The van der Waals surface area contributed by atoms with E-state index in [0.29, 0.717) is 28.3 Å². The fourth-order valence-corrected chi connectivity index (χ4v) is 6.29. The molecule has 0 radical (unpaired) electrons. The highest BCUT2D eigenvalue weighted by Gasteiger charge is 2.57. The molecule has 4 aromatic carbocycles. The van der Waals surface area contributed by atoms with Crippen molar-refractivity contribution in [1.29, 1.82) is 5.26 Å². The van der Waals surface area contributed by atoms with Crippen LogP contribution in [-0.4, -0.2) is 43.0 Å². The molecule has 1 amide bonds. The molecule has 0 saturated carbocycles. The largest absolute Gasteiger partial charge is 0.456 e. The van der Waals surface area contributed by atoms with Crippen LogP contribution in [0.2, 0.25) is 0 Å². The topological polar surface area (TPSA) is 93.3 Å². The average molecular weight is 583 g/mol. The SMILES string of the molecule is CCNc1ccc2c(c1)Oc1cc(N(CC)CC)c(C)cc1C21c2ccccc2C(=O)N1N=CC=Nc1ccc(C#N)cc1. The van der Waals surface area contributed by atoms with Gasteiger partial charge in [-0.2, -0.15) is 10.4 Å². The van der Waals surface area contributed by atoms with Gasteiger partial charge < -0.3 is 15.0 Å². The Hall–Kier alpha value is -5.42. The van der Waals surface area contributed by atoms with Crippen LogP contribution < -0.4 is 15.0 Å². The summed E-state index contributed by atoms with van der Waals surface area (Å²) in [6.45, 7) is 10.9. The van der Waals surface area contributed by atoms with Crippen LogP contribution >= 0.6 is 0 Å². The summed E-state index contributed by atoms with van der Waals surface area (Å²) >= 11 is 0. The molecule has 6 rings (SSSR count). The Morgan fingerprint density at radius 3 is 2.41 bits per heavy atom. The van der Waals surface area contributed by atoms with Gasteiger partial charge in [-0.1, -0.05) is 24.3 Å². The predicted molar refractivity (Wildman–Crippen MR) is 176 cm³/mol. The van der Waals surface area contributed by atoms with Gasteiger partial charge in [0, 0.05) is 71.6 Å². The van der Waals surface area contributed by atoms with E-state index in [9.17, 15) is 4.79 Å². The standard InChI is InChI=1S/C36H34N6O2/c1-5-38-27-16-17-30-33(21-27)44-34-22-32(41(6-2)7-3)24(4)20-31(34)36(30)29-11-9-8-10-28(29)35(43)42(36)40-19-18-39-26-14-12-25(23-37)13-15-26/h8-22,38H,5-7H2,1-4H3. The summed E-state index contributed by atoms with van der Waals surface area (Å²) in [6, 6.07) is 27.1. The maximum absolute atomic E-state index is 14.2. The minimum atomic E-state index is -1.06. The van der Waals surface area contributed by atoms with Crippen molar-refractivity contribution in [2.75, 3.05) is 29.9 Å². The maximum Gasteiger partial charge on any atom is 0.275 e. The quantitative estimate of drug-likeness (QED) is 0.219. The molecule has 0 saturated heterocycles. The highest BCUT2D eigenvalue weighted by molar-refractivity contribution is 6.17. The number of nitriles is 1. The second kappa shape index (κ2) is 11.7. The number of amides is 1. The maximum atomic E-state index is 14.2. The first-order valence-corrected chi connectivity index (χ1v) is 14.9. The Labute approximate surface area is 257 Å². The molecular weight excluding hydrogens is 548 g/mol.